The first-order valence-electron chi connectivity index (χ1n) is 7.88. The Labute approximate surface area is 170 Å². The molecule has 0 spiro atoms. The Kier molecular flexibility index (Phi) is 7.08. The van der Waals surface area contributed by atoms with Gasteiger partial charge in [-0.3, -0.25) is 0 Å². The van der Waals surface area contributed by atoms with Gasteiger partial charge >= 0.3 is 0 Å². The number of thioether (sulfide) groups is 1. The quantitative estimate of drug-likeness (QED) is 0.309. The molecule has 0 aliphatic carbocycles. The molecule has 0 radical (unpaired) electrons. The average Bonchev–Trinajstić information content (AvgIpc) is 3.07. The van der Waals surface area contributed by atoms with E-state index in [0.29, 0.717) is 45.7 Å². The molecule has 1 aromatic heterocycles. The lowest BCUT2D eigenvalue weighted by Crippen LogP contribution is -2.00. The van der Waals surface area contributed by atoms with Crippen LogP contribution in [0, 0.1) is 0 Å². The number of rotatable bonds is 8. The first kappa shape index (κ1) is 19.4. The number of benzene rings is 2. The summed E-state index contributed by atoms with van der Waals surface area (Å²) in [7, 11) is 0. The second-order valence-electron chi connectivity index (χ2n) is 5.37. The Morgan fingerprint density at radius 1 is 1.00 bits per heavy atom. The number of hydrogen-bond donors (Lipinski definition) is 0. The fraction of sp³-hybridized carbons (Fsp3) is 0.222. The lowest BCUT2D eigenvalue weighted by Gasteiger charge is -2.07. The van der Waals surface area contributed by atoms with E-state index in [1.807, 2.05) is 24.3 Å². The van der Waals surface area contributed by atoms with Gasteiger partial charge in [0.15, 0.2) is 0 Å². The summed E-state index contributed by atoms with van der Waals surface area (Å²) >= 11 is 19.5. The summed E-state index contributed by atoms with van der Waals surface area (Å²) in [6, 6.07) is 12.8. The minimum atomic E-state index is 0.492. The number of hydrogen-bond acceptors (Lipinski definition) is 5. The van der Waals surface area contributed by atoms with Crippen LogP contribution in [-0.2, 0) is 12.2 Å². The molecule has 136 valence electrons. The van der Waals surface area contributed by atoms with E-state index in [0.717, 1.165) is 17.0 Å². The Morgan fingerprint density at radius 3 is 2.65 bits per heavy atom. The summed E-state index contributed by atoms with van der Waals surface area (Å²) in [5.41, 5.74) is 1.03. The van der Waals surface area contributed by atoms with Crippen LogP contribution >= 0.6 is 46.6 Å². The van der Waals surface area contributed by atoms with Gasteiger partial charge in [-0.2, -0.15) is 0 Å². The highest BCUT2D eigenvalue weighted by Gasteiger charge is 2.09. The Bertz CT molecular complexity index is 873. The Hall–Kier alpha value is -1.40. The fourth-order valence-corrected chi connectivity index (χ4v) is 3.68. The van der Waals surface area contributed by atoms with E-state index in [9.17, 15) is 0 Å². The molecule has 0 aliphatic heterocycles. The van der Waals surface area contributed by atoms with Crippen molar-refractivity contribution in [3.63, 3.8) is 0 Å². The highest BCUT2D eigenvalue weighted by molar-refractivity contribution is 7.98. The van der Waals surface area contributed by atoms with Gasteiger partial charge in [-0.15, -0.1) is 10.2 Å². The van der Waals surface area contributed by atoms with Crippen molar-refractivity contribution in [1.29, 1.82) is 0 Å². The van der Waals surface area contributed by atoms with Crippen molar-refractivity contribution in [3.8, 4) is 5.75 Å². The fourth-order valence-electron chi connectivity index (χ4n) is 2.15. The van der Waals surface area contributed by atoms with Crippen LogP contribution in [0.25, 0.3) is 0 Å². The molecule has 26 heavy (non-hydrogen) atoms. The molecule has 0 atom stereocenters. The van der Waals surface area contributed by atoms with Gasteiger partial charge in [0, 0.05) is 22.2 Å². The standard InChI is InChI=1S/C18H15Cl3N2O2S/c19-13-7-8-16(15(21)10-13)24-9-3-6-17-22-23-18(25-17)26-11-12-4-1-2-5-14(12)20/h1-2,4-5,7-8,10H,3,6,9,11H2. The molecule has 3 aromatic rings. The summed E-state index contributed by atoms with van der Waals surface area (Å²) < 4.78 is 11.3. The normalized spacial score (nSPS) is 10.9. The third kappa shape index (κ3) is 5.55. The zero-order valence-corrected chi connectivity index (χ0v) is 16.7. The van der Waals surface area contributed by atoms with Crippen molar-refractivity contribution in [3.05, 3.63) is 69.0 Å². The second-order valence-corrected chi connectivity index (χ2v) is 7.55. The summed E-state index contributed by atoms with van der Waals surface area (Å²) in [5.74, 6) is 1.87. The van der Waals surface area contributed by atoms with Crippen LogP contribution in [0.4, 0.5) is 0 Å². The molecule has 4 nitrogen and oxygen atoms in total. The molecule has 0 fully saturated rings. The molecule has 1 heterocycles. The van der Waals surface area contributed by atoms with Crippen molar-refractivity contribution in [2.24, 2.45) is 0 Å². The molecular formula is C18H15Cl3N2O2S. The monoisotopic (exact) mass is 428 g/mol. The lowest BCUT2D eigenvalue weighted by atomic mass is 10.2. The zero-order chi connectivity index (χ0) is 18.4. The van der Waals surface area contributed by atoms with Crippen LogP contribution in [0.5, 0.6) is 5.75 Å². The topological polar surface area (TPSA) is 48.2 Å². The van der Waals surface area contributed by atoms with Crippen molar-refractivity contribution in [1.82, 2.24) is 10.2 Å². The second kappa shape index (κ2) is 9.51. The zero-order valence-electron chi connectivity index (χ0n) is 13.6. The van der Waals surface area contributed by atoms with Gasteiger partial charge in [-0.25, -0.2) is 0 Å². The summed E-state index contributed by atoms with van der Waals surface area (Å²) in [6.45, 7) is 0.492. The molecule has 0 aliphatic rings. The minimum absolute atomic E-state index is 0.492. The van der Waals surface area contributed by atoms with Crippen molar-refractivity contribution in [2.75, 3.05) is 6.61 Å². The van der Waals surface area contributed by atoms with Crippen molar-refractivity contribution >= 4 is 46.6 Å². The molecule has 0 N–H and O–H groups in total. The predicted octanol–water partition coefficient (Wildman–Crippen LogP) is 6.33. The average molecular weight is 430 g/mol. The van der Waals surface area contributed by atoms with E-state index >= 15 is 0 Å². The summed E-state index contributed by atoms with van der Waals surface area (Å²) in [5, 5.41) is 10.4. The van der Waals surface area contributed by atoms with E-state index in [1.165, 1.54) is 11.8 Å². The van der Waals surface area contributed by atoms with Crippen LogP contribution in [0.1, 0.15) is 17.9 Å². The van der Waals surface area contributed by atoms with E-state index in [2.05, 4.69) is 10.2 Å². The van der Waals surface area contributed by atoms with Crippen LogP contribution in [0.3, 0.4) is 0 Å². The number of aryl methyl sites for hydroxylation is 1. The summed E-state index contributed by atoms with van der Waals surface area (Å²) in [6.07, 6.45) is 1.36. The third-order valence-electron chi connectivity index (χ3n) is 3.44. The van der Waals surface area contributed by atoms with E-state index < -0.39 is 0 Å². The van der Waals surface area contributed by atoms with E-state index in [1.54, 1.807) is 18.2 Å². The molecule has 8 heteroatoms. The first-order valence-corrected chi connectivity index (χ1v) is 10.00. The number of ether oxygens (including phenoxy) is 1. The first-order chi connectivity index (χ1) is 12.6. The highest BCUT2D eigenvalue weighted by atomic mass is 35.5. The lowest BCUT2D eigenvalue weighted by molar-refractivity contribution is 0.302. The van der Waals surface area contributed by atoms with Crippen LogP contribution < -0.4 is 4.74 Å². The molecule has 2 aromatic carbocycles. The van der Waals surface area contributed by atoms with Crippen LogP contribution in [0.15, 0.2) is 52.1 Å². The number of nitrogens with zero attached hydrogens (tertiary/aromatic N) is 2. The van der Waals surface area contributed by atoms with Gasteiger partial charge in [0.1, 0.15) is 5.75 Å². The Balaban J connectivity index is 1.43. The van der Waals surface area contributed by atoms with Gasteiger partial charge in [-0.05, 0) is 36.2 Å². The van der Waals surface area contributed by atoms with Gasteiger partial charge in [0.25, 0.3) is 5.22 Å². The van der Waals surface area contributed by atoms with Crippen LogP contribution in [-0.4, -0.2) is 16.8 Å². The van der Waals surface area contributed by atoms with Crippen molar-refractivity contribution in [2.45, 2.75) is 23.8 Å². The molecule has 0 bridgehead atoms. The van der Waals surface area contributed by atoms with Gasteiger partial charge in [-0.1, -0.05) is 64.8 Å². The van der Waals surface area contributed by atoms with Gasteiger partial charge < -0.3 is 9.15 Å². The van der Waals surface area contributed by atoms with Crippen LogP contribution in [0.2, 0.25) is 15.1 Å². The molecule has 0 amide bonds. The number of aromatic nitrogens is 2. The largest absolute Gasteiger partial charge is 0.492 e. The van der Waals surface area contributed by atoms with E-state index in [4.69, 9.17) is 44.0 Å². The minimum Gasteiger partial charge on any atom is -0.492 e. The number of halogens is 3. The van der Waals surface area contributed by atoms with Gasteiger partial charge in [0.2, 0.25) is 5.89 Å². The predicted molar refractivity (Wildman–Crippen MR) is 106 cm³/mol. The molecular weight excluding hydrogens is 415 g/mol. The molecule has 0 saturated carbocycles. The maximum atomic E-state index is 6.14. The Morgan fingerprint density at radius 2 is 1.85 bits per heavy atom. The molecule has 0 saturated heterocycles. The smallest absolute Gasteiger partial charge is 0.276 e. The maximum absolute atomic E-state index is 6.14. The molecule has 3 rings (SSSR count). The SMILES string of the molecule is Clc1ccc(OCCCc2nnc(SCc3ccccc3Cl)o2)c(Cl)c1. The van der Waals surface area contributed by atoms with Gasteiger partial charge in [0.05, 0.1) is 11.6 Å². The maximum Gasteiger partial charge on any atom is 0.276 e. The van der Waals surface area contributed by atoms with E-state index in [-0.39, 0.29) is 0 Å². The molecule has 0 unspecified atom stereocenters. The summed E-state index contributed by atoms with van der Waals surface area (Å²) in [4.78, 5) is 0. The highest BCUT2D eigenvalue weighted by Crippen LogP contribution is 2.28. The third-order valence-corrected chi connectivity index (χ3v) is 5.21. The van der Waals surface area contributed by atoms with Crippen molar-refractivity contribution < 1.29 is 9.15 Å².